The van der Waals surface area contributed by atoms with Gasteiger partial charge >= 0.3 is 0 Å². The first-order chi connectivity index (χ1) is 11.1. The maximum atomic E-state index is 12.1. The van der Waals surface area contributed by atoms with Crippen LogP contribution in [-0.4, -0.2) is 23.3 Å². The number of nitrogens with zero attached hydrogens (tertiary/aromatic N) is 1. The van der Waals surface area contributed by atoms with Crippen molar-refractivity contribution in [3.63, 3.8) is 0 Å². The molecule has 0 unspecified atom stereocenters. The highest BCUT2D eigenvalue weighted by Crippen LogP contribution is 2.16. The van der Waals surface area contributed by atoms with Crippen LogP contribution in [0, 0.1) is 0 Å². The summed E-state index contributed by atoms with van der Waals surface area (Å²) in [7, 11) is 0. The monoisotopic (exact) mass is 311 g/mol. The minimum absolute atomic E-state index is 0.0939. The SMILES string of the molecule is CC(=O)N[C@H](CC(=O)NCCc1ccccn1)c1ccccc1. The van der Waals surface area contributed by atoms with E-state index in [4.69, 9.17) is 0 Å². The van der Waals surface area contributed by atoms with E-state index in [1.807, 2.05) is 48.5 Å². The Kier molecular flexibility index (Phi) is 6.29. The van der Waals surface area contributed by atoms with Crippen LogP contribution in [0.15, 0.2) is 54.7 Å². The normalized spacial score (nSPS) is 11.5. The molecule has 0 radical (unpaired) electrons. The molecule has 5 heteroatoms. The molecular weight excluding hydrogens is 290 g/mol. The van der Waals surface area contributed by atoms with E-state index in [0.717, 1.165) is 11.3 Å². The number of carbonyl (C=O) groups is 2. The third kappa shape index (κ3) is 5.90. The summed E-state index contributed by atoms with van der Waals surface area (Å²) < 4.78 is 0. The van der Waals surface area contributed by atoms with Crippen molar-refractivity contribution in [1.29, 1.82) is 0 Å². The number of rotatable bonds is 7. The molecule has 0 bridgehead atoms. The Morgan fingerprint density at radius 3 is 2.48 bits per heavy atom. The lowest BCUT2D eigenvalue weighted by Gasteiger charge is -2.18. The Bertz CT molecular complexity index is 629. The molecule has 1 aromatic carbocycles. The Morgan fingerprint density at radius 1 is 1.09 bits per heavy atom. The van der Waals surface area contributed by atoms with Crippen molar-refractivity contribution >= 4 is 11.8 Å². The van der Waals surface area contributed by atoms with E-state index in [0.29, 0.717) is 13.0 Å². The summed E-state index contributed by atoms with van der Waals surface area (Å²) in [6.07, 6.45) is 2.63. The molecule has 2 amide bonds. The molecule has 0 aliphatic rings. The standard InChI is InChI=1S/C18H21N3O2/c1-14(22)21-17(15-7-3-2-4-8-15)13-18(23)20-12-10-16-9-5-6-11-19-16/h2-9,11,17H,10,12-13H2,1H3,(H,20,23)(H,21,22)/t17-/m1/s1. The van der Waals surface area contributed by atoms with Gasteiger partial charge in [0, 0.05) is 31.8 Å². The summed E-state index contributed by atoms with van der Waals surface area (Å²) in [4.78, 5) is 27.7. The lowest BCUT2D eigenvalue weighted by Crippen LogP contribution is -2.33. The van der Waals surface area contributed by atoms with Crippen LogP contribution < -0.4 is 10.6 Å². The Morgan fingerprint density at radius 2 is 1.83 bits per heavy atom. The molecule has 0 fully saturated rings. The summed E-state index contributed by atoms with van der Waals surface area (Å²) in [6.45, 7) is 1.98. The number of carbonyl (C=O) groups excluding carboxylic acids is 2. The fourth-order valence-electron chi connectivity index (χ4n) is 2.32. The second kappa shape index (κ2) is 8.68. The maximum absolute atomic E-state index is 12.1. The molecule has 0 saturated heterocycles. The zero-order valence-corrected chi connectivity index (χ0v) is 13.2. The van der Waals surface area contributed by atoms with Gasteiger partial charge in [-0.1, -0.05) is 36.4 Å². The van der Waals surface area contributed by atoms with Gasteiger partial charge in [0.25, 0.3) is 0 Å². The van der Waals surface area contributed by atoms with E-state index in [-0.39, 0.29) is 24.3 Å². The molecular formula is C18H21N3O2. The number of benzene rings is 1. The van der Waals surface area contributed by atoms with Crippen LogP contribution in [0.3, 0.4) is 0 Å². The van der Waals surface area contributed by atoms with Crippen molar-refractivity contribution in [1.82, 2.24) is 15.6 Å². The average Bonchev–Trinajstić information content (AvgIpc) is 2.56. The lowest BCUT2D eigenvalue weighted by atomic mass is 10.0. The van der Waals surface area contributed by atoms with Gasteiger partial charge in [0.05, 0.1) is 12.5 Å². The van der Waals surface area contributed by atoms with Crippen LogP contribution in [0.4, 0.5) is 0 Å². The second-order valence-corrected chi connectivity index (χ2v) is 5.29. The molecule has 120 valence electrons. The summed E-state index contributed by atoms with van der Waals surface area (Å²) in [5.41, 5.74) is 1.86. The first-order valence-corrected chi connectivity index (χ1v) is 7.64. The minimum atomic E-state index is -0.316. The van der Waals surface area contributed by atoms with E-state index in [2.05, 4.69) is 15.6 Å². The second-order valence-electron chi connectivity index (χ2n) is 5.29. The van der Waals surface area contributed by atoms with Gasteiger partial charge in [-0.3, -0.25) is 14.6 Å². The number of hydrogen-bond acceptors (Lipinski definition) is 3. The third-order valence-electron chi connectivity index (χ3n) is 3.40. The predicted octanol–water partition coefficient (Wildman–Crippen LogP) is 2.01. The zero-order chi connectivity index (χ0) is 16.5. The highest BCUT2D eigenvalue weighted by molar-refractivity contribution is 5.79. The van der Waals surface area contributed by atoms with Crippen LogP contribution in [0.5, 0.6) is 0 Å². The Hall–Kier alpha value is -2.69. The van der Waals surface area contributed by atoms with Gasteiger partial charge in [0.2, 0.25) is 11.8 Å². The maximum Gasteiger partial charge on any atom is 0.222 e. The molecule has 0 saturated carbocycles. The predicted molar refractivity (Wildman–Crippen MR) is 88.6 cm³/mol. The molecule has 2 rings (SSSR count). The molecule has 23 heavy (non-hydrogen) atoms. The van der Waals surface area contributed by atoms with Gasteiger partial charge in [-0.15, -0.1) is 0 Å². The van der Waals surface area contributed by atoms with Crippen molar-refractivity contribution in [3.05, 3.63) is 66.0 Å². The molecule has 2 N–H and O–H groups in total. The van der Waals surface area contributed by atoms with Gasteiger partial charge in [0.15, 0.2) is 0 Å². The van der Waals surface area contributed by atoms with Crippen LogP contribution in [0.2, 0.25) is 0 Å². The molecule has 1 atom stereocenters. The molecule has 1 heterocycles. The van der Waals surface area contributed by atoms with Gasteiger partial charge in [-0.2, -0.15) is 0 Å². The van der Waals surface area contributed by atoms with E-state index >= 15 is 0 Å². The summed E-state index contributed by atoms with van der Waals surface area (Å²) in [5, 5.41) is 5.70. The highest BCUT2D eigenvalue weighted by atomic mass is 16.2. The van der Waals surface area contributed by atoms with Crippen molar-refractivity contribution in [2.75, 3.05) is 6.54 Å². The smallest absolute Gasteiger partial charge is 0.222 e. The largest absolute Gasteiger partial charge is 0.356 e. The van der Waals surface area contributed by atoms with Crippen molar-refractivity contribution < 1.29 is 9.59 Å². The topological polar surface area (TPSA) is 71.1 Å². The fraction of sp³-hybridized carbons (Fsp3) is 0.278. The van der Waals surface area contributed by atoms with Gasteiger partial charge in [-0.25, -0.2) is 0 Å². The van der Waals surface area contributed by atoms with Gasteiger partial charge in [-0.05, 0) is 17.7 Å². The number of pyridine rings is 1. The van der Waals surface area contributed by atoms with Crippen molar-refractivity contribution in [2.45, 2.75) is 25.8 Å². The number of nitrogens with one attached hydrogen (secondary N) is 2. The van der Waals surface area contributed by atoms with E-state index < -0.39 is 0 Å². The quantitative estimate of drug-likeness (QED) is 0.821. The van der Waals surface area contributed by atoms with Crippen LogP contribution in [-0.2, 0) is 16.0 Å². The average molecular weight is 311 g/mol. The molecule has 2 aromatic rings. The summed E-state index contributed by atoms with van der Waals surface area (Å²) >= 11 is 0. The van der Waals surface area contributed by atoms with E-state index in [1.54, 1.807) is 6.20 Å². The third-order valence-corrected chi connectivity index (χ3v) is 3.40. The van der Waals surface area contributed by atoms with Gasteiger partial charge in [0.1, 0.15) is 0 Å². The summed E-state index contributed by atoms with van der Waals surface area (Å²) in [5.74, 6) is -0.247. The number of hydrogen-bond donors (Lipinski definition) is 2. The van der Waals surface area contributed by atoms with E-state index in [1.165, 1.54) is 6.92 Å². The molecule has 0 spiro atoms. The van der Waals surface area contributed by atoms with Crippen molar-refractivity contribution in [2.24, 2.45) is 0 Å². The van der Waals surface area contributed by atoms with Crippen LogP contribution in [0.1, 0.15) is 30.6 Å². The summed E-state index contributed by atoms with van der Waals surface area (Å²) in [6, 6.07) is 14.9. The molecule has 5 nitrogen and oxygen atoms in total. The first kappa shape index (κ1) is 16.7. The minimum Gasteiger partial charge on any atom is -0.356 e. The molecule has 1 aromatic heterocycles. The lowest BCUT2D eigenvalue weighted by molar-refractivity contribution is -0.122. The number of aromatic nitrogens is 1. The highest BCUT2D eigenvalue weighted by Gasteiger charge is 2.16. The zero-order valence-electron chi connectivity index (χ0n) is 13.2. The van der Waals surface area contributed by atoms with Gasteiger partial charge < -0.3 is 10.6 Å². The van der Waals surface area contributed by atoms with Crippen LogP contribution in [0.25, 0.3) is 0 Å². The Labute approximate surface area is 136 Å². The van der Waals surface area contributed by atoms with Crippen molar-refractivity contribution in [3.8, 4) is 0 Å². The molecule has 0 aliphatic heterocycles. The molecule has 0 aliphatic carbocycles. The van der Waals surface area contributed by atoms with E-state index in [9.17, 15) is 9.59 Å². The van der Waals surface area contributed by atoms with Crippen LogP contribution >= 0.6 is 0 Å². The fourth-order valence-corrected chi connectivity index (χ4v) is 2.32. The number of amides is 2. The first-order valence-electron chi connectivity index (χ1n) is 7.64. The Balaban J connectivity index is 1.86.